The molecule has 4 heteroatoms. The summed E-state index contributed by atoms with van der Waals surface area (Å²) in [5, 5.41) is 9.90. The zero-order valence-electron chi connectivity index (χ0n) is 11.5. The van der Waals surface area contributed by atoms with Crippen LogP contribution in [-0.2, 0) is 0 Å². The molecule has 2 fully saturated rings. The number of anilines is 1. The molecule has 2 aliphatic rings. The third kappa shape index (κ3) is 2.14. The Morgan fingerprint density at radius 2 is 1.79 bits per heavy atom. The number of hydrogen-bond acceptors (Lipinski definition) is 4. The molecule has 0 radical (unpaired) electrons. The summed E-state index contributed by atoms with van der Waals surface area (Å²) in [6, 6.07) is 6.77. The van der Waals surface area contributed by atoms with Crippen molar-refractivity contribution in [2.45, 2.75) is 43.9 Å². The molecular weight excluding hydrogens is 242 g/mol. The molecule has 104 valence electrons. The van der Waals surface area contributed by atoms with Gasteiger partial charge in [0.15, 0.2) is 0 Å². The number of hydrogen-bond donors (Lipinski definition) is 1. The fourth-order valence-electron chi connectivity index (χ4n) is 3.54. The predicted octanol–water partition coefficient (Wildman–Crippen LogP) is 2.20. The van der Waals surface area contributed by atoms with E-state index in [-0.39, 0.29) is 6.10 Å². The molecule has 2 heterocycles. The number of nitrogens with zero attached hydrogens (tertiary/aromatic N) is 1. The standard InChI is InChI=1S/C15H21NO3/c1-18-13-5-6-15(19-2)14(9-13)16-10-3-4-11(16)8-12(17)7-10/h5-6,9-12,17H,3-4,7-8H2,1-2H3. The van der Waals surface area contributed by atoms with Gasteiger partial charge in [0, 0.05) is 18.2 Å². The number of aliphatic hydroxyl groups is 1. The largest absolute Gasteiger partial charge is 0.497 e. The van der Waals surface area contributed by atoms with Crippen LogP contribution in [-0.4, -0.2) is 37.5 Å². The monoisotopic (exact) mass is 263 g/mol. The molecule has 0 saturated carbocycles. The van der Waals surface area contributed by atoms with Crippen molar-refractivity contribution in [3.8, 4) is 11.5 Å². The lowest BCUT2D eigenvalue weighted by Gasteiger charge is -2.39. The van der Waals surface area contributed by atoms with E-state index in [9.17, 15) is 5.11 Å². The molecule has 1 N–H and O–H groups in total. The summed E-state index contributed by atoms with van der Waals surface area (Å²) in [6.45, 7) is 0. The highest BCUT2D eigenvalue weighted by atomic mass is 16.5. The van der Waals surface area contributed by atoms with Gasteiger partial charge in [0.1, 0.15) is 11.5 Å². The maximum atomic E-state index is 9.90. The molecule has 2 saturated heterocycles. The van der Waals surface area contributed by atoms with E-state index in [0.29, 0.717) is 12.1 Å². The van der Waals surface area contributed by atoms with Crippen LogP contribution in [0, 0.1) is 0 Å². The van der Waals surface area contributed by atoms with Gasteiger partial charge in [-0.05, 0) is 37.8 Å². The van der Waals surface area contributed by atoms with Crippen molar-refractivity contribution in [2.75, 3.05) is 19.1 Å². The molecule has 19 heavy (non-hydrogen) atoms. The van der Waals surface area contributed by atoms with E-state index in [1.807, 2.05) is 18.2 Å². The summed E-state index contributed by atoms with van der Waals surface area (Å²) in [7, 11) is 3.38. The summed E-state index contributed by atoms with van der Waals surface area (Å²) >= 11 is 0. The Morgan fingerprint density at radius 3 is 2.37 bits per heavy atom. The van der Waals surface area contributed by atoms with Gasteiger partial charge >= 0.3 is 0 Å². The Labute approximate surface area is 113 Å². The van der Waals surface area contributed by atoms with Crippen molar-refractivity contribution < 1.29 is 14.6 Å². The number of benzene rings is 1. The molecule has 1 aromatic rings. The lowest BCUT2D eigenvalue weighted by atomic mass is 9.99. The summed E-state index contributed by atoms with van der Waals surface area (Å²) in [6.07, 6.45) is 3.88. The highest BCUT2D eigenvalue weighted by Gasteiger charge is 2.41. The number of piperidine rings is 1. The number of aliphatic hydroxyl groups excluding tert-OH is 1. The van der Waals surface area contributed by atoms with Crippen molar-refractivity contribution in [3.05, 3.63) is 18.2 Å². The zero-order chi connectivity index (χ0) is 13.4. The van der Waals surface area contributed by atoms with Crippen molar-refractivity contribution in [1.82, 2.24) is 0 Å². The second-order valence-electron chi connectivity index (χ2n) is 5.46. The molecule has 2 atom stereocenters. The molecule has 2 unspecified atom stereocenters. The summed E-state index contributed by atoms with van der Waals surface area (Å²) < 4.78 is 10.8. The first-order valence-corrected chi connectivity index (χ1v) is 6.91. The van der Waals surface area contributed by atoms with E-state index in [1.165, 1.54) is 0 Å². The first-order valence-electron chi connectivity index (χ1n) is 6.91. The third-order valence-corrected chi connectivity index (χ3v) is 4.37. The van der Waals surface area contributed by atoms with Crippen LogP contribution in [0.1, 0.15) is 25.7 Å². The highest BCUT2D eigenvalue weighted by Crippen LogP contribution is 2.44. The number of ether oxygens (including phenoxy) is 2. The number of rotatable bonds is 3. The molecule has 2 bridgehead atoms. The molecular formula is C15H21NO3. The zero-order valence-corrected chi connectivity index (χ0v) is 11.5. The second kappa shape index (κ2) is 4.93. The van der Waals surface area contributed by atoms with Crippen molar-refractivity contribution >= 4 is 5.69 Å². The Bertz CT molecular complexity index is 449. The van der Waals surface area contributed by atoms with Gasteiger partial charge in [0.05, 0.1) is 26.0 Å². The average Bonchev–Trinajstić information content (AvgIpc) is 2.70. The van der Waals surface area contributed by atoms with Gasteiger partial charge in [0.2, 0.25) is 0 Å². The van der Waals surface area contributed by atoms with Crippen molar-refractivity contribution in [3.63, 3.8) is 0 Å². The van der Waals surface area contributed by atoms with E-state index in [2.05, 4.69) is 4.90 Å². The summed E-state index contributed by atoms with van der Waals surface area (Å²) in [5.74, 6) is 1.73. The van der Waals surface area contributed by atoms with Gasteiger partial charge in [-0.25, -0.2) is 0 Å². The highest BCUT2D eigenvalue weighted by molar-refractivity contribution is 5.63. The minimum Gasteiger partial charge on any atom is -0.497 e. The number of methoxy groups -OCH3 is 2. The second-order valence-corrected chi connectivity index (χ2v) is 5.46. The van der Waals surface area contributed by atoms with Crippen LogP contribution in [0.5, 0.6) is 11.5 Å². The SMILES string of the molecule is COc1ccc(OC)c(N2C3CCC2CC(O)C3)c1. The van der Waals surface area contributed by atoms with Crippen LogP contribution in [0.2, 0.25) is 0 Å². The lowest BCUT2D eigenvalue weighted by Crippen LogP contribution is -2.44. The Balaban J connectivity index is 1.97. The first kappa shape index (κ1) is 12.6. The van der Waals surface area contributed by atoms with Crippen molar-refractivity contribution in [1.29, 1.82) is 0 Å². The fourth-order valence-corrected chi connectivity index (χ4v) is 3.54. The van der Waals surface area contributed by atoms with Crippen LogP contribution in [0.3, 0.4) is 0 Å². The van der Waals surface area contributed by atoms with Gasteiger partial charge < -0.3 is 19.5 Å². The average molecular weight is 263 g/mol. The number of fused-ring (bicyclic) bond motifs is 2. The van der Waals surface area contributed by atoms with Crippen LogP contribution in [0.4, 0.5) is 5.69 Å². The third-order valence-electron chi connectivity index (χ3n) is 4.37. The van der Waals surface area contributed by atoms with E-state index in [4.69, 9.17) is 9.47 Å². The maximum absolute atomic E-state index is 9.90. The van der Waals surface area contributed by atoms with Gasteiger partial charge in [-0.1, -0.05) is 0 Å². The Morgan fingerprint density at radius 1 is 1.11 bits per heavy atom. The smallest absolute Gasteiger partial charge is 0.142 e. The maximum Gasteiger partial charge on any atom is 0.142 e. The molecule has 0 aromatic heterocycles. The van der Waals surface area contributed by atoms with Crippen molar-refractivity contribution in [2.24, 2.45) is 0 Å². The van der Waals surface area contributed by atoms with Crippen LogP contribution >= 0.6 is 0 Å². The van der Waals surface area contributed by atoms with E-state index >= 15 is 0 Å². The van der Waals surface area contributed by atoms with Gasteiger partial charge in [0.25, 0.3) is 0 Å². The fraction of sp³-hybridized carbons (Fsp3) is 0.600. The molecule has 0 aliphatic carbocycles. The first-order chi connectivity index (χ1) is 9.22. The molecule has 3 rings (SSSR count). The summed E-state index contributed by atoms with van der Waals surface area (Å²) in [5.41, 5.74) is 1.10. The van der Waals surface area contributed by atoms with Crippen LogP contribution in [0.25, 0.3) is 0 Å². The molecule has 0 amide bonds. The van der Waals surface area contributed by atoms with Gasteiger partial charge in [-0.3, -0.25) is 0 Å². The van der Waals surface area contributed by atoms with Crippen LogP contribution < -0.4 is 14.4 Å². The Hall–Kier alpha value is -1.42. The predicted molar refractivity (Wildman–Crippen MR) is 74.1 cm³/mol. The van der Waals surface area contributed by atoms with E-state index in [1.54, 1.807) is 14.2 Å². The molecule has 2 aliphatic heterocycles. The van der Waals surface area contributed by atoms with E-state index in [0.717, 1.165) is 42.9 Å². The minimum absolute atomic E-state index is 0.148. The molecule has 4 nitrogen and oxygen atoms in total. The quantitative estimate of drug-likeness (QED) is 0.907. The molecule has 1 aromatic carbocycles. The lowest BCUT2D eigenvalue weighted by molar-refractivity contribution is 0.126. The Kier molecular flexibility index (Phi) is 3.27. The van der Waals surface area contributed by atoms with Crippen LogP contribution in [0.15, 0.2) is 18.2 Å². The normalized spacial score (nSPS) is 29.4. The molecule has 0 spiro atoms. The van der Waals surface area contributed by atoms with Gasteiger partial charge in [-0.2, -0.15) is 0 Å². The minimum atomic E-state index is -0.148. The topological polar surface area (TPSA) is 41.9 Å². The van der Waals surface area contributed by atoms with E-state index < -0.39 is 0 Å². The summed E-state index contributed by atoms with van der Waals surface area (Å²) in [4.78, 5) is 2.42. The van der Waals surface area contributed by atoms with Gasteiger partial charge in [-0.15, -0.1) is 0 Å².